The van der Waals surface area contributed by atoms with E-state index in [0.717, 1.165) is 0 Å². The summed E-state index contributed by atoms with van der Waals surface area (Å²) in [5.41, 5.74) is 6.90. The monoisotopic (exact) mass is 258 g/mol. The molecule has 3 heteroatoms. The Labute approximate surface area is 113 Å². The Morgan fingerprint density at radius 3 is 2.58 bits per heavy atom. The van der Waals surface area contributed by atoms with Crippen molar-refractivity contribution in [2.75, 3.05) is 0 Å². The minimum Gasteiger partial charge on any atom is -0.271 e. The molecule has 0 aliphatic carbocycles. The minimum absolute atomic E-state index is 0.221. The van der Waals surface area contributed by atoms with E-state index in [1.807, 2.05) is 6.07 Å². The van der Waals surface area contributed by atoms with Gasteiger partial charge in [0.1, 0.15) is 5.82 Å². The molecule has 0 heterocycles. The fourth-order valence-corrected chi connectivity index (χ4v) is 2.26. The second kappa shape index (κ2) is 5.95. The molecular formula is C16H19FN2. The molecule has 0 saturated heterocycles. The second-order valence-corrected chi connectivity index (χ2v) is 4.87. The summed E-state index contributed by atoms with van der Waals surface area (Å²) in [6, 6.07) is 12.8. The molecule has 19 heavy (non-hydrogen) atoms. The van der Waals surface area contributed by atoms with Gasteiger partial charge in [-0.15, -0.1) is 0 Å². The highest BCUT2D eigenvalue weighted by Gasteiger charge is 2.15. The summed E-state index contributed by atoms with van der Waals surface area (Å²) < 4.78 is 13.8. The molecular weight excluding hydrogens is 239 g/mol. The molecule has 2 aromatic rings. The van der Waals surface area contributed by atoms with Gasteiger partial charge in [0.15, 0.2) is 0 Å². The Morgan fingerprint density at radius 1 is 1.16 bits per heavy atom. The van der Waals surface area contributed by atoms with E-state index < -0.39 is 0 Å². The SMILES string of the molecule is Cc1ccc(C)c(CC(NN)c2ccccc2F)c1. The number of hydrazine groups is 1. The van der Waals surface area contributed by atoms with E-state index in [1.165, 1.54) is 22.8 Å². The first-order valence-corrected chi connectivity index (χ1v) is 6.38. The molecule has 0 aliphatic rings. The molecule has 0 fully saturated rings. The number of aryl methyl sites for hydroxylation is 2. The maximum absolute atomic E-state index is 13.8. The first kappa shape index (κ1) is 13.7. The maximum atomic E-state index is 13.8. The zero-order valence-electron chi connectivity index (χ0n) is 11.3. The van der Waals surface area contributed by atoms with E-state index in [9.17, 15) is 4.39 Å². The summed E-state index contributed by atoms with van der Waals surface area (Å²) in [4.78, 5) is 0. The average Bonchev–Trinajstić information content (AvgIpc) is 2.41. The van der Waals surface area contributed by atoms with E-state index in [4.69, 9.17) is 5.84 Å². The van der Waals surface area contributed by atoms with Crippen molar-refractivity contribution in [3.8, 4) is 0 Å². The van der Waals surface area contributed by atoms with Crippen molar-refractivity contribution < 1.29 is 4.39 Å². The topological polar surface area (TPSA) is 38.0 Å². The first-order chi connectivity index (χ1) is 9.11. The summed E-state index contributed by atoms with van der Waals surface area (Å²) in [6.45, 7) is 4.11. The fourth-order valence-electron chi connectivity index (χ4n) is 2.26. The van der Waals surface area contributed by atoms with Gasteiger partial charge in [-0.3, -0.25) is 11.3 Å². The van der Waals surface area contributed by atoms with Crippen LogP contribution in [0.15, 0.2) is 42.5 Å². The van der Waals surface area contributed by atoms with Gasteiger partial charge in [-0.25, -0.2) is 4.39 Å². The Hall–Kier alpha value is -1.71. The predicted molar refractivity (Wildman–Crippen MR) is 76.1 cm³/mol. The van der Waals surface area contributed by atoms with Gasteiger partial charge < -0.3 is 0 Å². The molecule has 0 amide bonds. The third-order valence-corrected chi connectivity index (χ3v) is 3.41. The molecule has 2 rings (SSSR count). The summed E-state index contributed by atoms with van der Waals surface area (Å²) >= 11 is 0. The average molecular weight is 258 g/mol. The Morgan fingerprint density at radius 2 is 1.89 bits per heavy atom. The molecule has 0 bridgehead atoms. The van der Waals surface area contributed by atoms with Crippen molar-refractivity contribution in [1.29, 1.82) is 0 Å². The lowest BCUT2D eigenvalue weighted by atomic mass is 9.95. The molecule has 2 aromatic carbocycles. The quantitative estimate of drug-likeness (QED) is 0.653. The van der Waals surface area contributed by atoms with Gasteiger partial charge in [0.05, 0.1) is 6.04 Å². The number of hydrogen-bond donors (Lipinski definition) is 2. The van der Waals surface area contributed by atoms with E-state index in [2.05, 4.69) is 37.5 Å². The van der Waals surface area contributed by atoms with Crippen LogP contribution in [0.2, 0.25) is 0 Å². The molecule has 2 nitrogen and oxygen atoms in total. The normalized spacial score (nSPS) is 12.4. The van der Waals surface area contributed by atoms with Gasteiger partial charge in [-0.05, 0) is 37.5 Å². The van der Waals surface area contributed by atoms with Crippen LogP contribution < -0.4 is 11.3 Å². The van der Waals surface area contributed by atoms with Gasteiger partial charge in [0.25, 0.3) is 0 Å². The van der Waals surface area contributed by atoms with E-state index in [-0.39, 0.29) is 11.9 Å². The molecule has 0 saturated carbocycles. The number of halogens is 1. The van der Waals surface area contributed by atoms with Crippen LogP contribution in [0, 0.1) is 19.7 Å². The summed E-state index contributed by atoms with van der Waals surface area (Å²) in [5, 5.41) is 0. The van der Waals surface area contributed by atoms with Crippen LogP contribution in [0.1, 0.15) is 28.3 Å². The summed E-state index contributed by atoms with van der Waals surface area (Å²) in [6.07, 6.45) is 0.672. The number of nitrogens with one attached hydrogen (secondary N) is 1. The molecule has 0 aromatic heterocycles. The molecule has 0 radical (unpaired) electrons. The summed E-state index contributed by atoms with van der Waals surface area (Å²) in [5.74, 6) is 5.37. The zero-order chi connectivity index (χ0) is 13.8. The van der Waals surface area contributed by atoms with Crippen molar-refractivity contribution >= 4 is 0 Å². The van der Waals surface area contributed by atoms with Gasteiger partial charge in [0.2, 0.25) is 0 Å². The lowest BCUT2D eigenvalue weighted by Crippen LogP contribution is -2.30. The molecule has 0 spiro atoms. The third kappa shape index (κ3) is 3.19. The van der Waals surface area contributed by atoms with Crippen molar-refractivity contribution in [1.82, 2.24) is 5.43 Å². The Balaban J connectivity index is 2.29. The predicted octanol–water partition coefficient (Wildman–Crippen LogP) is 3.19. The smallest absolute Gasteiger partial charge is 0.128 e. The Bertz CT molecular complexity index is 566. The molecule has 3 N–H and O–H groups in total. The van der Waals surface area contributed by atoms with Crippen LogP contribution >= 0.6 is 0 Å². The van der Waals surface area contributed by atoms with Crippen molar-refractivity contribution in [2.45, 2.75) is 26.3 Å². The highest BCUT2D eigenvalue weighted by atomic mass is 19.1. The minimum atomic E-state index is -0.226. The maximum Gasteiger partial charge on any atom is 0.128 e. The van der Waals surface area contributed by atoms with Crippen LogP contribution in [0.5, 0.6) is 0 Å². The van der Waals surface area contributed by atoms with Crippen LogP contribution in [0.3, 0.4) is 0 Å². The van der Waals surface area contributed by atoms with E-state index >= 15 is 0 Å². The van der Waals surface area contributed by atoms with Crippen LogP contribution in [0.4, 0.5) is 4.39 Å². The largest absolute Gasteiger partial charge is 0.271 e. The number of hydrogen-bond acceptors (Lipinski definition) is 2. The lowest BCUT2D eigenvalue weighted by molar-refractivity contribution is 0.510. The van der Waals surface area contributed by atoms with Crippen molar-refractivity contribution in [3.05, 3.63) is 70.5 Å². The third-order valence-electron chi connectivity index (χ3n) is 3.41. The highest BCUT2D eigenvalue weighted by molar-refractivity contribution is 5.33. The number of nitrogens with two attached hydrogens (primary N) is 1. The Kier molecular flexibility index (Phi) is 4.30. The molecule has 100 valence electrons. The standard InChI is InChI=1S/C16H19FN2/c1-11-7-8-12(2)13(9-11)10-16(19-18)14-5-3-4-6-15(14)17/h3-9,16,19H,10,18H2,1-2H3. The summed E-state index contributed by atoms with van der Waals surface area (Å²) in [7, 11) is 0. The van der Waals surface area contributed by atoms with Crippen LogP contribution in [-0.4, -0.2) is 0 Å². The van der Waals surface area contributed by atoms with Gasteiger partial charge in [-0.2, -0.15) is 0 Å². The molecule has 0 aliphatic heterocycles. The second-order valence-electron chi connectivity index (χ2n) is 4.87. The van der Waals surface area contributed by atoms with Crippen molar-refractivity contribution in [2.24, 2.45) is 5.84 Å². The lowest BCUT2D eigenvalue weighted by Gasteiger charge is -2.18. The van der Waals surface area contributed by atoms with Gasteiger partial charge >= 0.3 is 0 Å². The van der Waals surface area contributed by atoms with Gasteiger partial charge in [-0.1, -0.05) is 42.0 Å². The van der Waals surface area contributed by atoms with Crippen LogP contribution in [0.25, 0.3) is 0 Å². The molecule has 1 unspecified atom stereocenters. The highest BCUT2D eigenvalue weighted by Crippen LogP contribution is 2.22. The van der Waals surface area contributed by atoms with E-state index in [1.54, 1.807) is 12.1 Å². The van der Waals surface area contributed by atoms with E-state index in [0.29, 0.717) is 12.0 Å². The fraction of sp³-hybridized carbons (Fsp3) is 0.250. The van der Waals surface area contributed by atoms with Gasteiger partial charge in [0, 0.05) is 5.56 Å². The zero-order valence-corrected chi connectivity index (χ0v) is 11.3. The number of benzene rings is 2. The first-order valence-electron chi connectivity index (χ1n) is 6.38. The van der Waals surface area contributed by atoms with Crippen molar-refractivity contribution in [3.63, 3.8) is 0 Å². The number of rotatable bonds is 4. The van der Waals surface area contributed by atoms with Crippen LogP contribution in [-0.2, 0) is 6.42 Å². The molecule has 1 atom stereocenters.